The predicted octanol–water partition coefficient (Wildman–Crippen LogP) is 3.27. The highest BCUT2D eigenvalue weighted by atomic mass is 16.5. The standard InChI is InChI=1S/C20H26N2O4/c1-12(2)26-20(24)17-13(3)18(22-14(17)4)19(23)21-10-15-8-6-7-9-16(15)11-25-5/h6-9,12,22H,10-11H2,1-5H3,(H,21,23). The number of hydrogen-bond donors (Lipinski definition) is 2. The highest BCUT2D eigenvalue weighted by Gasteiger charge is 2.23. The van der Waals surface area contributed by atoms with E-state index < -0.39 is 5.97 Å². The zero-order valence-electron chi connectivity index (χ0n) is 15.9. The zero-order valence-corrected chi connectivity index (χ0v) is 15.9. The van der Waals surface area contributed by atoms with E-state index in [1.807, 2.05) is 24.3 Å². The van der Waals surface area contributed by atoms with Crippen LogP contribution in [0.25, 0.3) is 0 Å². The second-order valence-electron chi connectivity index (χ2n) is 6.46. The molecule has 6 heteroatoms. The molecule has 0 radical (unpaired) electrons. The Kier molecular flexibility index (Phi) is 6.58. The third-order valence-corrected chi connectivity index (χ3v) is 4.07. The van der Waals surface area contributed by atoms with Crippen molar-refractivity contribution < 1.29 is 19.1 Å². The van der Waals surface area contributed by atoms with Crippen molar-refractivity contribution in [1.29, 1.82) is 0 Å². The van der Waals surface area contributed by atoms with E-state index >= 15 is 0 Å². The number of H-pyrrole nitrogens is 1. The Morgan fingerprint density at radius 3 is 2.42 bits per heavy atom. The van der Waals surface area contributed by atoms with Crippen molar-refractivity contribution in [2.75, 3.05) is 7.11 Å². The molecule has 0 bridgehead atoms. The Hall–Kier alpha value is -2.60. The van der Waals surface area contributed by atoms with Crippen molar-refractivity contribution in [2.45, 2.75) is 47.0 Å². The van der Waals surface area contributed by atoms with Gasteiger partial charge in [-0.2, -0.15) is 0 Å². The number of aryl methyl sites for hydroxylation is 1. The van der Waals surface area contributed by atoms with Crippen LogP contribution in [0.1, 0.15) is 57.1 Å². The van der Waals surface area contributed by atoms with E-state index in [2.05, 4.69) is 10.3 Å². The van der Waals surface area contributed by atoms with Crippen LogP contribution in [0.3, 0.4) is 0 Å². The lowest BCUT2D eigenvalue weighted by molar-refractivity contribution is 0.0376. The average Bonchev–Trinajstić information content (AvgIpc) is 2.88. The fourth-order valence-corrected chi connectivity index (χ4v) is 2.85. The van der Waals surface area contributed by atoms with Gasteiger partial charge in [-0.05, 0) is 44.4 Å². The summed E-state index contributed by atoms with van der Waals surface area (Å²) in [6.45, 7) is 7.95. The van der Waals surface area contributed by atoms with Crippen molar-refractivity contribution in [1.82, 2.24) is 10.3 Å². The van der Waals surface area contributed by atoms with E-state index in [1.54, 1.807) is 34.8 Å². The highest BCUT2D eigenvalue weighted by molar-refractivity contribution is 6.00. The molecule has 0 saturated heterocycles. The second kappa shape index (κ2) is 8.67. The topological polar surface area (TPSA) is 80.4 Å². The number of carbonyl (C=O) groups is 2. The van der Waals surface area contributed by atoms with E-state index in [0.717, 1.165) is 11.1 Å². The Bertz CT molecular complexity index is 793. The maximum atomic E-state index is 12.6. The predicted molar refractivity (Wildman–Crippen MR) is 99.1 cm³/mol. The molecule has 0 fully saturated rings. The summed E-state index contributed by atoms with van der Waals surface area (Å²) in [5.74, 6) is -0.683. The molecule has 1 aromatic heterocycles. The van der Waals surface area contributed by atoms with E-state index in [-0.39, 0.29) is 12.0 Å². The van der Waals surface area contributed by atoms with Gasteiger partial charge in [0, 0.05) is 19.3 Å². The van der Waals surface area contributed by atoms with Gasteiger partial charge in [0.05, 0.1) is 18.3 Å². The van der Waals surface area contributed by atoms with Gasteiger partial charge < -0.3 is 19.8 Å². The first kappa shape index (κ1) is 19.7. The molecule has 0 spiro atoms. The van der Waals surface area contributed by atoms with Gasteiger partial charge >= 0.3 is 5.97 Å². The molecule has 1 amide bonds. The minimum absolute atomic E-state index is 0.217. The Balaban J connectivity index is 2.15. The van der Waals surface area contributed by atoms with Crippen molar-refractivity contribution >= 4 is 11.9 Å². The van der Waals surface area contributed by atoms with Crippen molar-refractivity contribution in [3.8, 4) is 0 Å². The van der Waals surface area contributed by atoms with Crippen LogP contribution in [0.2, 0.25) is 0 Å². The van der Waals surface area contributed by atoms with Crippen LogP contribution in [0.4, 0.5) is 0 Å². The van der Waals surface area contributed by atoms with Crippen LogP contribution in [0.15, 0.2) is 24.3 Å². The molecule has 140 valence electrons. The maximum Gasteiger partial charge on any atom is 0.340 e. The van der Waals surface area contributed by atoms with E-state index in [4.69, 9.17) is 9.47 Å². The fraction of sp³-hybridized carbons (Fsp3) is 0.400. The third-order valence-electron chi connectivity index (χ3n) is 4.07. The molecule has 6 nitrogen and oxygen atoms in total. The number of hydrogen-bond acceptors (Lipinski definition) is 4. The highest BCUT2D eigenvalue weighted by Crippen LogP contribution is 2.20. The van der Waals surface area contributed by atoms with Gasteiger partial charge in [0.15, 0.2) is 0 Å². The minimum atomic E-state index is -0.421. The Morgan fingerprint density at radius 1 is 1.15 bits per heavy atom. The number of aromatic amines is 1. The van der Waals surface area contributed by atoms with Gasteiger partial charge in [-0.3, -0.25) is 4.79 Å². The molecule has 1 heterocycles. The van der Waals surface area contributed by atoms with E-state index in [9.17, 15) is 9.59 Å². The molecule has 2 rings (SSSR count). The van der Waals surface area contributed by atoms with Crippen molar-refractivity contribution in [2.24, 2.45) is 0 Å². The van der Waals surface area contributed by atoms with Crippen molar-refractivity contribution in [3.63, 3.8) is 0 Å². The van der Waals surface area contributed by atoms with Crippen LogP contribution in [0, 0.1) is 13.8 Å². The first-order valence-electron chi connectivity index (χ1n) is 8.59. The largest absolute Gasteiger partial charge is 0.459 e. The monoisotopic (exact) mass is 358 g/mol. The molecule has 2 N–H and O–H groups in total. The quantitative estimate of drug-likeness (QED) is 0.745. The van der Waals surface area contributed by atoms with E-state index in [1.165, 1.54) is 0 Å². The van der Waals surface area contributed by atoms with Crippen LogP contribution in [0.5, 0.6) is 0 Å². The van der Waals surface area contributed by atoms with Gasteiger partial charge in [-0.25, -0.2) is 4.79 Å². The summed E-state index contributed by atoms with van der Waals surface area (Å²) < 4.78 is 10.4. The number of ether oxygens (including phenoxy) is 2. The molecule has 1 aromatic carbocycles. The number of rotatable bonds is 7. The maximum absolute atomic E-state index is 12.6. The van der Waals surface area contributed by atoms with Crippen LogP contribution < -0.4 is 5.32 Å². The number of aromatic nitrogens is 1. The molecule has 0 saturated carbocycles. The zero-order chi connectivity index (χ0) is 19.3. The Labute approximate surface area is 153 Å². The average molecular weight is 358 g/mol. The van der Waals surface area contributed by atoms with Gasteiger partial charge in [0.25, 0.3) is 5.91 Å². The first-order valence-corrected chi connectivity index (χ1v) is 8.59. The van der Waals surface area contributed by atoms with Crippen molar-refractivity contribution in [3.05, 3.63) is 57.9 Å². The lowest BCUT2D eigenvalue weighted by Gasteiger charge is -2.10. The van der Waals surface area contributed by atoms with Gasteiger partial charge in [0.1, 0.15) is 5.69 Å². The molecule has 0 atom stereocenters. The minimum Gasteiger partial charge on any atom is -0.459 e. The Morgan fingerprint density at radius 2 is 1.81 bits per heavy atom. The van der Waals surface area contributed by atoms with Crippen LogP contribution in [-0.2, 0) is 22.6 Å². The summed E-state index contributed by atoms with van der Waals surface area (Å²) in [5, 5.41) is 2.90. The summed E-state index contributed by atoms with van der Waals surface area (Å²) in [5.41, 5.74) is 4.03. The molecular weight excluding hydrogens is 332 g/mol. The third kappa shape index (κ3) is 4.52. The molecule has 0 aliphatic rings. The molecule has 0 aliphatic carbocycles. The molecule has 2 aromatic rings. The summed E-state index contributed by atoms with van der Waals surface area (Å²) in [4.78, 5) is 27.8. The molecule has 26 heavy (non-hydrogen) atoms. The number of benzene rings is 1. The lowest BCUT2D eigenvalue weighted by Crippen LogP contribution is -2.24. The number of nitrogens with one attached hydrogen (secondary N) is 2. The molecule has 0 unspecified atom stereocenters. The van der Waals surface area contributed by atoms with E-state index in [0.29, 0.717) is 35.7 Å². The lowest BCUT2D eigenvalue weighted by atomic mass is 10.1. The number of amides is 1. The van der Waals surface area contributed by atoms with Crippen LogP contribution in [-0.4, -0.2) is 30.1 Å². The van der Waals surface area contributed by atoms with Gasteiger partial charge in [-0.1, -0.05) is 24.3 Å². The summed E-state index contributed by atoms with van der Waals surface area (Å²) in [6.07, 6.45) is -0.217. The van der Waals surface area contributed by atoms with Gasteiger partial charge in [-0.15, -0.1) is 0 Å². The van der Waals surface area contributed by atoms with Crippen LogP contribution >= 0.6 is 0 Å². The molecular formula is C20H26N2O4. The number of carbonyl (C=O) groups excluding carboxylic acids is 2. The fourth-order valence-electron chi connectivity index (χ4n) is 2.85. The summed E-state index contributed by atoms with van der Waals surface area (Å²) in [7, 11) is 1.64. The number of esters is 1. The summed E-state index contributed by atoms with van der Waals surface area (Å²) >= 11 is 0. The summed E-state index contributed by atoms with van der Waals surface area (Å²) in [6, 6.07) is 7.78. The normalized spacial score (nSPS) is 10.8. The number of methoxy groups -OCH3 is 1. The van der Waals surface area contributed by atoms with Gasteiger partial charge in [0.2, 0.25) is 0 Å². The smallest absolute Gasteiger partial charge is 0.340 e. The SMILES string of the molecule is COCc1ccccc1CNC(=O)c1[nH]c(C)c(C(=O)OC(C)C)c1C. The first-order chi connectivity index (χ1) is 12.3. The second-order valence-corrected chi connectivity index (χ2v) is 6.46. The molecule has 0 aliphatic heterocycles.